The average molecular weight is 330 g/mol. The maximum absolute atomic E-state index is 12.1. The first kappa shape index (κ1) is 15.3. The quantitative estimate of drug-likeness (QED) is 0.782. The lowest BCUT2D eigenvalue weighted by Gasteiger charge is -2.03. The third-order valence-electron chi connectivity index (χ3n) is 3.38. The molecular formula is C16H16ClN5O. The number of nitrogens with one attached hydrogen (secondary N) is 1. The van der Waals surface area contributed by atoms with Crippen molar-refractivity contribution in [2.24, 2.45) is 0 Å². The van der Waals surface area contributed by atoms with Crippen molar-refractivity contribution in [3.05, 3.63) is 65.2 Å². The first-order valence-corrected chi connectivity index (χ1v) is 7.64. The molecule has 0 bridgehead atoms. The molecule has 118 valence electrons. The minimum absolute atomic E-state index is 0.255. The second-order valence-electron chi connectivity index (χ2n) is 5.03. The van der Waals surface area contributed by atoms with E-state index in [4.69, 9.17) is 11.6 Å². The summed E-state index contributed by atoms with van der Waals surface area (Å²) < 4.78 is 3.43. The van der Waals surface area contributed by atoms with E-state index < -0.39 is 0 Å². The van der Waals surface area contributed by atoms with Gasteiger partial charge in [-0.1, -0.05) is 29.8 Å². The zero-order valence-electron chi connectivity index (χ0n) is 12.6. The summed E-state index contributed by atoms with van der Waals surface area (Å²) in [4.78, 5) is 12.1. The van der Waals surface area contributed by atoms with Crippen molar-refractivity contribution < 1.29 is 4.79 Å². The topological polar surface area (TPSA) is 64.7 Å². The Balaban J connectivity index is 1.67. The van der Waals surface area contributed by atoms with Crippen LogP contribution in [-0.4, -0.2) is 25.5 Å². The van der Waals surface area contributed by atoms with Crippen molar-refractivity contribution in [1.82, 2.24) is 19.6 Å². The molecule has 2 heterocycles. The molecule has 3 aromatic rings. The second-order valence-corrected chi connectivity index (χ2v) is 5.44. The summed E-state index contributed by atoms with van der Waals surface area (Å²) >= 11 is 6.14. The van der Waals surface area contributed by atoms with Crippen molar-refractivity contribution in [3.63, 3.8) is 0 Å². The van der Waals surface area contributed by atoms with Crippen LogP contribution < -0.4 is 5.32 Å². The van der Waals surface area contributed by atoms with E-state index in [0.717, 1.165) is 12.1 Å². The lowest BCUT2D eigenvalue weighted by atomic mass is 10.2. The monoisotopic (exact) mass is 329 g/mol. The van der Waals surface area contributed by atoms with Crippen LogP contribution in [-0.2, 0) is 13.1 Å². The largest absolute Gasteiger partial charge is 0.318 e. The Morgan fingerprint density at radius 2 is 2.09 bits per heavy atom. The molecule has 0 unspecified atom stereocenters. The summed E-state index contributed by atoms with van der Waals surface area (Å²) in [7, 11) is 0. The van der Waals surface area contributed by atoms with Gasteiger partial charge in [0, 0.05) is 24.0 Å². The van der Waals surface area contributed by atoms with Gasteiger partial charge in [-0.2, -0.15) is 10.2 Å². The fourth-order valence-electron chi connectivity index (χ4n) is 2.17. The van der Waals surface area contributed by atoms with Crippen molar-refractivity contribution in [3.8, 4) is 0 Å². The van der Waals surface area contributed by atoms with Crippen molar-refractivity contribution >= 4 is 23.2 Å². The van der Waals surface area contributed by atoms with Crippen LogP contribution >= 0.6 is 11.6 Å². The van der Waals surface area contributed by atoms with E-state index in [0.29, 0.717) is 22.9 Å². The first-order chi connectivity index (χ1) is 11.2. The highest BCUT2D eigenvalue weighted by atomic mass is 35.5. The van der Waals surface area contributed by atoms with Crippen molar-refractivity contribution in [1.29, 1.82) is 0 Å². The third-order valence-corrected chi connectivity index (χ3v) is 3.75. The number of aromatic nitrogens is 4. The SMILES string of the molecule is CCn1ccc(C(=O)Nc2cnn(Cc3ccccc3Cl)c2)n1. The molecule has 6 nitrogen and oxygen atoms in total. The fourth-order valence-corrected chi connectivity index (χ4v) is 2.37. The Labute approximate surface area is 138 Å². The minimum atomic E-state index is -0.255. The molecule has 0 radical (unpaired) electrons. The van der Waals surface area contributed by atoms with E-state index in [1.165, 1.54) is 0 Å². The summed E-state index contributed by atoms with van der Waals surface area (Å²) in [6, 6.07) is 9.28. The normalized spacial score (nSPS) is 10.7. The molecule has 0 saturated heterocycles. The van der Waals surface area contributed by atoms with E-state index in [1.807, 2.05) is 31.2 Å². The number of carbonyl (C=O) groups is 1. The lowest BCUT2D eigenvalue weighted by Crippen LogP contribution is -2.13. The summed E-state index contributed by atoms with van der Waals surface area (Å²) in [5.74, 6) is -0.255. The van der Waals surface area contributed by atoms with Gasteiger partial charge < -0.3 is 5.32 Å². The molecule has 0 aliphatic carbocycles. The molecule has 2 aromatic heterocycles. The molecule has 0 aliphatic heterocycles. The highest BCUT2D eigenvalue weighted by molar-refractivity contribution is 6.31. The van der Waals surface area contributed by atoms with Gasteiger partial charge in [-0.15, -0.1) is 0 Å². The zero-order chi connectivity index (χ0) is 16.2. The van der Waals surface area contributed by atoms with Crippen LogP contribution in [0, 0.1) is 0 Å². The highest BCUT2D eigenvalue weighted by Gasteiger charge is 2.11. The average Bonchev–Trinajstić information content (AvgIpc) is 3.19. The van der Waals surface area contributed by atoms with Crippen LogP contribution in [0.25, 0.3) is 0 Å². The number of halogens is 1. The van der Waals surface area contributed by atoms with Gasteiger partial charge in [-0.05, 0) is 24.6 Å². The smallest absolute Gasteiger partial charge is 0.276 e. The molecule has 0 spiro atoms. The van der Waals surface area contributed by atoms with Gasteiger partial charge in [0.2, 0.25) is 0 Å². The number of hydrogen-bond acceptors (Lipinski definition) is 3. The van der Waals surface area contributed by atoms with Crippen LogP contribution in [0.1, 0.15) is 23.0 Å². The van der Waals surface area contributed by atoms with Crippen molar-refractivity contribution in [2.45, 2.75) is 20.0 Å². The summed E-state index contributed by atoms with van der Waals surface area (Å²) in [5, 5.41) is 11.9. The Morgan fingerprint density at radius 3 is 2.83 bits per heavy atom. The zero-order valence-corrected chi connectivity index (χ0v) is 13.4. The summed E-state index contributed by atoms with van der Waals surface area (Å²) in [6.45, 7) is 3.23. The van der Waals surface area contributed by atoms with E-state index in [2.05, 4.69) is 15.5 Å². The highest BCUT2D eigenvalue weighted by Crippen LogP contribution is 2.17. The lowest BCUT2D eigenvalue weighted by molar-refractivity contribution is 0.102. The molecule has 1 aromatic carbocycles. The minimum Gasteiger partial charge on any atom is -0.318 e. The van der Waals surface area contributed by atoms with Crippen LogP contribution in [0.5, 0.6) is 0 Å². The summed E-state index contributed by atoms with van der Waals surface area (Å²) in [6.07, 6.45) is 5.14. The Hall–Kier alpha value is -2.60. The molecule has 1 amide bonds. The van der Waals surface area contributed by atoms with E-state index in [1.54, 1.807) is 34.0 Å². The Bertz CT molecular complexity index is 823. The van der Waals surface area contributed by atoms with Gasteiger partial charge in [0.25, 0.3) is 5.91 Å². The predicted molar refractivity (Wildman–Crippen MR) is 88.6 cm³/mol. The van der Waals surface area contributed by atoms with Gasteiger partial charge in [-0.25, -0.2) is 0 Å². The number of carbonyl (C=O) groups excluding carboxylic acids is 1. The van der Waals surface area contributed by atoms with Crippen LogP contribution in [0.15, 0.2) is 48.9 Å². The molecule has 3 rings (SSSR count). The van der Waals surface area contributed by atoms with Gasteiger partial charge >= 0.3 is 0 Å². The molecule has 0 aliphatic rings. The number of amides is 1. The Kier molecular flexibility index (Phi) is 4.43. The first-order valence-electron chi connectivity index (χ1n) is 7.26. The number of anilines is 1. The number of nitrogens with zero attached hydrogens (tertiary/aromatic N) is 4. The van der Waals surface area contributed by atoms with Crippen LogP contribution in [0.3, 0.4) is 0 Å². The summed E-state index contributed by atoms with van der Waals surface area (Å²) in [5.41, 5.74) is 1.97. The van der Waals surface area contributed by atoms with Crippen molar-refractivity contribution in [2.75, 3.05) is 5.32 Å². The molecule has 23 heavy (non-hydrogen) atoms. The number of benzene rings is 1. The third kappa shape index (κ3) is 3.60. The number of rotatable bonds is 5. The molecule has 0 fully saturated rings. The van der Waals surface area contributed by atoms with E-state index in [-0.39, 0.29) is 5.91 Å². The number of aryl methyl sites for hydroxylation is 1. The van der Waals surface area contributed by atoms with E-state index in [9.17, 15) is 4.79 Å². The van der Waals surface area contributed by atoms with Crippen LogP contribution in [0.4, 0.5) is 5.69 Å². The molecule has 0 atom stereocenters. The Morgan fingerprint density at radius 1 is 1.26 bits per heavy atom. The van der Waals surface area contributed by atoms with Crippen LogP contribution in [0.2, 0.25) is 5.02 Å². The maximum Gasteiger partial charge on any atom is 0.276 e. The fraction of sp³-hybridized carbons (Fsp3) is 0.188. The molecular weight excluding hydrogens is 314 g/mol. The standard InChI is InChI=1S/C16H16ClN5O/c1-2-21-8-7-15(20-21)16(23)19-13-9-18-22(11-13)10-12-5-3-4-6-14(12)17/h3-9,11H,2,10H2,1H3,(H,19,23). The number of hydrogen-bond donors (Lipinski definition) is 1. The molecule has 1 N–H and O–H groups in total. The van der Waals surface area contributed by atoms with Gasteiger partial charge in [-0.3, -0.25) is 14.2 Å². The second kappa shape index (κ2) is 6.66. The predicted octanol–water partition coefficient (Wildman–Crippen LogP) is 3.05. The van der Waals surface area contributed by atoms with Gasteiger partial charge in [0.1, 0.15) is 0 Å². The molecule has 0 saturated carbocycles. The maximum atomic E-state index is 12.1. The molecule has 7 heteroatoms. The van der Waals surface area contributed by atoms with E-state index >= 15 is 0 Å². The van der Waals surface area contributed by atoms with Gasteiger partial charge in [0.15, 0.2) is 5.69 Å². The van der Waals surface area contributed by atoms with Gasteiger partial charge in [0.05, 0.1) is 18.4 Å².